The van der Waals surface area contributed by atoms with Crippen LogP contribution >= 0.6 is 11.8 Å². The summed E-state index contributed by atoms with van der Waals surface area (Å²) in [5.74, 6) is 2.46. The predicted molar refractivity (Wildman–Crippen MR) is 211 cm³/mol. The van der Waals surface area contributed by atoms with Crippen LogP contribution in [0, 0.1) is 43.1 Å². The van der Waals surface area contributed by atoms with Gasteiger partial charge in [0.2, 0.25) is 0 Å². The number of nitrogens with one attached hydrogen (secondary N) is 3. The van der Waals surface area contributed by atoms with E-state index in [4.69, 9.17) is 36.4 Å². The van der Waals surface area contributed by atoms with Crippen molar-refractivity contribution < 1.29 is 13.5 Å². The van der Waals surface area contributed by atoms with Gasteiger partial charge in [0.1, 0.15) is 34.0 Å². The van der Waals surface area contributed by atoms with E-state index in [1.165, 1.54) is 36.0 Å². The van der Waals surface area contributed by atoms with Crippen molar-refractivity contribution in [3.05, 3.63) is 143 Å². The van der Waals surface area contributed by atoms with E-state index in [1.54, 1.807) is 33.3 Å². The molecule has 0 aliphatic carbocycles. The Labute approximate surface area is 324 Å². The molecule has 0 aliphatic heterocycles. The Morgan fingerprint density at radius 2 is 1.41 bits per heavy atom. The van der Waals surface area contributed by atoms with Crippen molar-refractivity contribution in [2.45, 2.75) is 38.7 Å². The fourth-order valence-corrected chi connectivity index (χ4v) is 6.97. The van der Waals surface area contributed by atoms with Crippen molar-refractivity contribution in [1.29, 1.82) is 0 Å². The van der Waals surface area contributed by atoms with Crippen molar-refractivity contribution in [1.82, 2.24) is 49.2 Å². The summed E-state index contributed by atoms with van der Waals surface area (Å²) in [6.45, 7) is 6.82. The van der Waals surface area contributed by atoms with Gasteiger partial charge in [-0.2, -0.15) is 15.3 Å². The summed E-state index contributed by atoms with van der Waals surface area (Å²) in [6.07, 6.45) is 8.67. The lowest BCUT2D eigenvalue weighted by Crippen LogP contribution is -2.20. The molecule has 3 unspecified atom stereocenters. The Morgan fingerprint density at radius 1 is 0.804 bits per heavy atom. The fraction of sp³-hybridized carbons (Fsp3) is 0.200. The van der Waals surface area contributed by atoms with Crippen LogP contribution in [0.3, 0.4) is 0 Å². The van der Waals surface area contributed by atoms with Gasteiger partial charge in [0.15, 0.2) is 34.9 Å². The molecule has 0 radical (unpaired) electrons. The molecule has 0 aliphatic rings. The van der Waals surface area contributed by atoms with E-state index in [0.717, 1.165) is 28.0 Å². The summed E-state index contributed by atoms with van der Waals surface area (Å²) in [5, 5.41) is 30.5. The highest BCUT2D eigenvalue weighted by molar-refractivity contribution is 8.04. The molecule has 6 heterocycles. The van der Waals surface area contributed by atoms with Gasteiger partial charge < -0.3 is 15.4 Å². The van der Waals surface area contributed by atoms with Crippen LogP contribution in [0.25, 0.3) is 11.0 Å². The highest BCUT2D eigenvalue weighted by Gasteiger charge is 2.24. The standard InChI is InChI=1S/C40H36F2N12OS/c1-5-56-36(28-12-16-30(42)17-13-28)40-46-38(32-9-7-19-53(32)51-40)44-34-21-26(4)54(49-34)22-24(2)23-55-35(27-10-14-29(41)15-11-27)39-45-37(31-8-6-18-52(31)50-39)43-33-20-25(3)47-48-33/h1,6-21,24,35-36H,22-23H2,2-4H3,(H,44,46,49,51)(H2,43,45,47,48,50). The third kappa shape index (κ3) is 7.81. The molecule has 8 rings (SSSR count). The molecule has 0 saturated carbocycles. The molecule has 0 fully saturated rings. The molecule has 13 nitrogen and oxygen atoms in total. The smallest absolute Gasteiger partial charge is 0.184 e. The van der Waals surface area contributed by atoms with Crippen molar-refractivity contribution in [3.8, 4) is 11.7 Å². The zero-order chi connectivity index (χ0) is 38.8. The molecule has 0 spiro atoms. The minimum atomic E-state index is -0.704. The molecule has 0 saturated heterocycles. The topological polar surface area (TPSA) is 140 Å². The number of aromatic amines is 1. The number of terminal acetylenes is 1. The average Bonchev–Trinajstić information content (AvgIpc) is 4.01. The van der Waals surface area contributed by atoms with Crippen LogP contribution in [0.2, 0.25) is 0 Å². The van der Waals surface area contributed by atoms with E-state index in [9.17, 15) is 8.78 Å². The summed E-state index contributed by atoms with van der Waals surface area (Å²) in [6, 6.07) is 23.7. The Morgan fingerprint density at radius 3 is 2.04 bits per heavy atom. The van der Waals surface area contributed by atoms with Gasteiger partial charge in [-0.15, -0.1) is 11.5 Å². The molecular weight excluding hydrogens is 735 g/mol. The lowest BCUT2D eigenvalue weighted by atomic mass is 10.1. The van der Waals surface area contributed by atoms with Crippen molar-refractivity contribution >= 4 is 46.1 Å². The number of hydrogen-bond acceptors (Lipinski definition) is 10. The Hall–Kier alpha value is -6.57. The lowest BCUT2D eigenvalue weighted by molar-refractivity contribution is 0.0455. The largest absolute Gasteiger partial charge is 0.365 e. The van der Waals surface area contributed by atoms with Gasteiger partial charge in [0.05, 0.1) is 6.61 Å². The number of nitrogens with zero attached hydrogens (tertiary/aromatic N) is 9. The lowest BCUT2D eigenvalue weighted by Gasteiger charge is -2.21. The average molecular weight is 771 g/mol. The third-order valence-corrected chi connectivity index (χ3v) is 9.88. The predicted octanol–water partition coefficient (Wildman–Crippen LogP) is 7.93. The third-order valence-electron chi connectivity index (χ3n) is 9.03. The molecule has 6 aromatic heterocycles. The molecular formula is C40H36F2N12OS. The SMILES string of the molecule is C#CSC(c1ccc(F)cc1)c1nc(Nc2cc(C)n(CC(C)COC(c3ccc(F)cc3)c3nc(Nc4cc(C)[nH]n4)c4cccn4n3)n2)c2cccn2n1. The van der Waals surface area contributed by atoms with Crippen LogP contribution in [0.15, 0.2) is 97.3 Å². The van der Waals surface area contributed by atoms with Crippen LogP contribution in [0.4, 0.5) is 32.1 Å². The van der Waals surface area contributed by atoms with Crippen molar-refractivity contribution in [2.24, 2.45) is 5.92 Å². The first-order valence-electron chi connectivity index (χ1n) is 17.8. The normalized spacial score (nSPS) is 13.1. The number of rotatable bonds is 14. The van der Waals surface area contributed by atoms with Crippen LogP contribution in [-0.4, -0.2) is 55.8 Å². The number of aryl methyl sites for hydroxylation is 2. The molecule has 282 valence electrons. The number of benzene rings is 2. The van der Waals surface area contributed by atoms with Crippen molar-refractivity contribution in [2.75, 3.05) is 17.2 Å². The van der Waals surface area contributed by atoms with E-state index in [1.807, 2.05) is 67.3 Å². The molecule has 3 atom stereocenters. The van der Waals surface area contributed by atoms with Crippen LogP contribution in [0.1, 0.15) is 52.4 Å². The highest BCUT2D eigenvalue weighted by atomic mass is 32.2. The molecule has 56 heavy (non-hydrogen) atoms. The van der Waals surface area contributed by atoms with E-state index in [2.05, 4.69) is 33.0 Å². The van der Waals surface area contributed by atoms with Crippen LogP contribution in [0.5, 0.6) is 0 Å². The number of thioether (sulfide) groups is 1. The maximum atomic E-state index is 14.1. The van der Waals surface area contributed by atoms with E-state index >= 15 is 0 Å². The number of hydrogen-bond donors (Lipinski definition) is 3. The number of fused-ring (bicyclic) bond motifs is 2. The Kier molecular flexibility index (Phi) is 10.2. The van der Waals surface area contributed by atoms with Gasteiger partial charge in [0.25, 0.3) is 0 Å². The molecule has 3 N–H and O–H groups in total. The molecule has 8 aromatic rings. The van der Waals surface area contributed by atoms with Gasteiger partial charge in [-0.3, -0.25) is 9.78 Å². The summed E-state index contributed by atoms with van der Waals surface area (Å²) >= 11 is 1.21. The quantitative estimate of drug-likeness (QED) is 0.0935. The highest BCUT2D eigenvalue weighted by Crippen LogP contribution is 2.35. The molecule has 0 amide bonds. The van der Waals surface area contributed by atoms with Crippen LogP contribution < -0.4 is 10.6 Å². The van der Waals surface area contributed by atoms with Gasteiger partial charge in [0, 0.05) is 42.5 Å². The van der Waals surface area contributed by atoms with Crippen molar-refractivity contribution in [3.63, 3.8) is 0 Å². The zero-order valence-corrected chi connectivity index (χ0v) is 31.4. The number of halogens is 2. The van der Waals surface area contributed by atoms with Gasteiger partial charge in [-0.1, -0.05) is 43.0 Å². The number of aromatic nitrogens is 10. The summed E-state index contributed by atoms with van der Waals surface area (Å²) < 4.78 is 39.7. The summed E-state index contributed by atoms with van der Waals surface area (Å²) in [4.78, 5) is 9.76. The number of H-pyrrole nitrogens is 1. The molecule has 2 aromatic carbocycles. The zero-order valence-electron chi connectivity index (χ0n) is 30.6. The second-order valence-electron chi connectivity index (χ2n) is 13.4. The summed E-state index contributed by atoms with van der Waals surface area (Å²) in [5.41, 5.74) is 4.82. The fourth-order valence-electron chi connectivity index (χ4n) is 6.33. The van der Waals surface area contributed by atoms with E-state index in [-0.39, 0.29) is 17.6 Å². The van der Waals surface area contributed by atoms with Crippen LogP contribution in [-0.2, 0) is 11.3 Å². The second kappa shape index (κ2) is 15.7. The maximum Gasteiger partial charge on any atom is 0.184 e. The minimum absolute atomic E-state index is 0.00965. The molecule has 0 bridgehead atoms. The summed E-state index contributed by atoms with van der Waals surface area (Å²) in [7, 11) is 0. The first-order valence-corrected chi connectivity index (χ1v) is 18.6. The van der Waals surface area contributed by atoms with E-state index in [0.29, 0.717) is 53.6 Å². The minimum Gasteiger partial charge on any atom is -0.365 e. The van der Waals surface area contributed by atoms with Gasteiger partial charge >= 0.3 is 0 Å². The number of anilines is 4. The maximum absolute atomic E-state index is 14.1. The first-order chi connectivity index (χ1) is 27.2. The Balaban J connectivity index is 1.01. The monoisotopic (exact) mass is 770 g/mol. The molecule has 16 heteroatoms. The van der Waals surface area contributed by atoms with Gasteiger partial charge in [-0.05, 0) is 84.7 Å². The first kappa shape index (κ1) is 36.4. The number of ether oxygens (including phenoxy) is 1. The van der Waals surface area contributed by atoms with E-state index < -0.39 is 11.4 Å². The second-order valence-corrected chi connectivity index (χ2v) is 14.3. The van der Waals surface area contributed by atoms with Gasteiger partial charge in [-0.25, -0.2) is 27.8 Å². The Bertz CT molecular complexity index is 2660.